The molecule has 3 rings (SSSR count). The first-order chi connectivity index (χ1) is 11.2. The SMILES string of the molecule is N#CC1(C(=O)OC2CCCCC2SCCc2ccccn2)CC1. The van der Waals surface area contributed by atoms with Gasteiger partial charge >= 0.3 is 5.97 Å². The van der Waals surface area contributed by atoms with E-state index in [2.05, 4.69) is 11.1 Å². The standard InChI is InChI=1S/C18H22N2O2S/c19-13-18(9-10-18)17(21)22-15-6-1-2-7-16(15)23-12-8-14-5-3-4-11-20-14/h3-5,11,15-16H,1-2,6-10,12H2. The molecule has 2 unspecified atom stereocenters. The summed E-state index contributed by atoms with van der Waals surface area (Å²) in [5.41, 5.74) is 0.284. The third-order valence-corrected chi connectivity index (χ3v) is 6.08. The number of nitrogens with zero attached hydrogens (tertiary/aromatic N) is 2. The van der Waals surface area contributed by atoms with E-state index in [1.54, 1.807) is 0 Å². The molecule has 0 amide bonds. The molecular formula is C18H22N2O2S. The molecule has 1 aromatic rings. The Morgan fingerprint density at radius 3 is 2.91 bits per heavy atom. The van der Waals surface area contributed by atoms with Gasteiger partial charge in [-0.15, -0.1) is 0 Å². The van der Waals surface area contributed by atoms with E-state index in [1.165, 1.54) is 6.42 Å². The van der Waals surface area contributed by atoms with E-state index < -0.39 is 5.41 Å². The van der Waals surface area contributed by atoms with Gasteiger partial charge in [-0.05, 0) is 56.4 Å². The molecule has 1 heterocycles. The molecule has 2 fully saturated rings. The fourth-order valence-electron chi connectivity index (χ4n) is 2.99. The van der Waals surface area contributed by atoms with Gasteiger partial charge < -0.3 is 4.74 Å². The van der Waals surface area contributed by atoms with Gasteiger partial charge in [-0.3, -0.25) is 9.78 Å². The summed E-state index contributed by atoms with van der Waals surface area (Å²) in [5.74, 6) is 0.696. The van der Waals surface area contributed by atoms with Crippen molar-refractivity contribution in [3.8, 4) is 6.07 Å². The molecule has 2 aliphatic rings. The largest absolute Gasteiger partial charge is 0.460 e. The maximum atomic E-state index is 12.2. The number of aromatic nitrogens is 1. The Hall–Kier alpha value is -1.54. The summed E-state index contributed by atoms with van der Waals surface area (Å²) in [7, 11) is 0. The third kappa shape index (κ3) is 4.06. The second kappa shape index (κ2) is 7.35. The highest BCUT2D eigenvalue weighted by Gasteiger charge is 2.53. The highest BCUT2D eigenvalue weighted by molar-refractivity contribution is 7.99. The van der Waals surface area contributed by atoms with E-state index in [0.29, 0.717) is 18.1 Å². The highest BCUT2D eigenvalue weighted by atomic mass is 32.2. The fourth-order valence-corrected chi connectivity index (χ4v) is 4.36. The molecule has 2 saturated carbocycles. The molecule has 0 bridgehead atoms. The van der Waals surface area contributed by atoms with Crippen molar-refractivity contribution in [3.63, 3.8) is 0 Å². The van der Waals surface area contributed by atoms with Crippen LogP contribution < -0.4 is 0 Å². The molecular weight excluding hydrogens is 308 g/mol. The number of hydrogen-bond donors (Lipinski definition) is 0. The van der Waals surface area contributed by atoms with Gasteiger partial charge in [0.05, 0.1) is 6.07 Å². The van der Waals surface area contributed by atoms with Gasteiger partial charge in [-0.2, -0.15) is 17.0 Å². The number of hydrogen-bond acceptors (Lipinski definition) is 5. The van der Waals surface area contributed by atoms with E-state index in [-0.39, 0.29) is 12.1 Å². The van der Waals surface area contributed by atoms with Crippen LogP contribution in [0.2, 0.25) is 0 Å². The Kier molecular flexibility index (Phi) is 5.22. The van der Waals surface area contributed by atoms with Gasteiger partial charge in [0.1, 0.15) is 6.10 Å². The average molecular weight is 330 g/mol. The van der Waals surface area contributed by atoms with Crippen LogP contribution in [0.1, 0.15) is 44.2 Å². The zero-order valence-corrected chi connectivity index (χ0v) is 14.1. The number of aryl methyl sites for hydroxylation is 1. The Bertz CT molecular complexity index is 580. The molecule has 0 saturated heterocycles. The van der Waals surface area contributed by atoms with Gasteiger partial charge in [-0.1, -0.05) is 12.5 Å². The van der Waals surface area contributed by atoms with Crippen LogP contribution in [-0.2, 0) is 16.0 Å². The molecule has 1 aromatic heterocycles. The molecule has 2 aliphatic carbocycles. The number of esters is 1. The number of pyridine rings is 1. The van der Waals surface area contributed by atoms with E-state index in [9.17, 15) is 4.79 Å². The summed E-state index contributed by atoms with van der Waals surface area (Å²) in [4.78, 5) is 16.5. The molecule has 23 heavy (non-hydrogen) atoms. The minimum Gasteiger partial charge on any atom is -0.460 e. The van der Waals surface area contributed by atoms with E-state index in [4.69, 9.17) is 10.00 Å². The molecule has 122 valence electrons. The van der Waals surface area contributed by atoms with E-state index in [1.807, 2.05) is 36.2 Å². The fraction of sp³-hybridized carbons (Fsp3) is 0.611. The first-order valence-corrected chi connectivity index (χ1v) is 9.42. The molecule has 2 atom stereocenters. The second-order valence-electron chi connectivity index (χ2n) is 6.40. The summed E-state index contributed by atoms with van der Waals surface area (Å²) in [6, 6.07) is 8.11. The molecule has 0 spiro atoms. The minimum atomic E-state index is -0.819. The molecule has 0 aromatic carbocycles. The van der Waals surface area contributed by atoms with Crippen molar-refractivity contribution in [1.82, 2.24) is 4.98 Å². The Balaban J connectivity index is 1.50. The monoisotopic (exact) mass is 330 g/mol. The third-order valence-electron chi connectivity index (χ3n) is 4.67. The molecule has 0 N–H and O–H groups in total. The Morgan fingerprint density at radius 2 is 2.22 bits per heavy atom. The number of thioether (sulfide) groups is 1. The highest BCUT2D eigenvalue weighted by Crippen LogP contribution is 2.47. The van der Waals surface area contributed by atoms with Crippen molar-refractivity contribution in [2.45, 2.75) is 56.3 Å². The van der Waals surface area contributed by atoms with Crippen LogP contribution in [0.5, 0.6) is 0 Å². The topological polar surface area (TPSA) is 63.0 Å². The van der Waals surface area contributed by atoms with Gasteiger partial charge in [0.2, 0.25) is 0 Å². The lowest BCUT2D eigenvalue weighted by atomic mass is 9.97. The second-order valence-corrected chi connectivity index (χ2v) is 7.75. The van der Waals surface area contributed by atoms with Crippen molar-refractivity contribution >= 4 is 17.7 Å². The predicted octanol–water partition coefficient (Wildman–Crippen LogP) is 3.52. The molecule has 0 aliphatic heterocycles. The average Bonchev–Trinajstić information content (AvgIpc) is 3.39. The quantitative estimate of drug-likeness (QED) is 0.747. The van der Waals surface area contributed by atoms with Crippen LogP contribution in [-0.4, -0.2) is 28.1 Å². The van der Waals surface area contributed by atoms with Crippen molar-refractivity contribution in [2.75, 3.05) is 5.75 Å². The van der Waals surface area contributed by atoms with Crippen LogP contribution in [0.4, 0.5) is 0 Å². The van der Waals surface area contributed by atoms with Crippen molar-refractivity contribution in [2.24, 2.45) is 5.41 Å². The predicted molar refractivity (Wildman–Crippen MR) is 89.8 cm³/mol. The van der Waals surface area contributed by atoms with Crippen molar-refractivity contribution in [1.29, 1.82) is 5.26 Å². The zero-order chi connectivity index (χ0) is 16.1. The maximum absolute atomic E-state index is 12.2. The summed E-state index contributed by atoms with van der Waals surface area (Å²) < 4.78 is 5.73. The summed E-state index contributed by atoms with van der Waals surface area (Å²) in [6.45, 7) is 0. The van der Waals surface area contributed by atoms with Gasteiger partial charge in [0.25, 0.3) is 0 Å². The number of ether oxygens (including phenoxy) is 1. The summed E-state index contributed by atoms with van der Waals surface area (Å²) in [6.07, 6.45) is 8.36. The van der Waals surface area contributed by atoms with E-state index in [0.717, 1.165) is 37.1 Å². The first-order valence-electron chi connectivity index (χ1n) is 8.37. The van der Waals surface area contributed by atoms with Gasteiger partial charge in [-0.25, -0.2) is 0 Å². The Morgan fingerprint density at radius 1 is 1.39 bits per heavy atom. The Labute approximate surface area is 141 Å². The lowest BCUT2D eigenvalue weighted by Gasteiger charge is -2.31. The lowest BCUT2D eigenvalue weighted by molar-refractivity contribution is -0.154. The van der Waals surface area contributed by atoms with Crippen LogP contribution in [0.25, 0.3) is 0 Å². The maximum Gasteiger partial charge on any atom is 0.326 e. The smallest absolute Gasteiger partial charge is 0.326 e. The normalized spacial score (nSPS) is 25.3. The number of nitriles is 1. The number of carbonyl (C=O) groups excluding carboxylic acids is 1. The summed E-state index contributed by atoms with van der Waals surface area (Å²) >= 11 is 1.88. The van der Waals surface area contributed by atoms with Gasteiger partial charge in [0.15, 0.2) is 5.41 Å². The van der Waals surface area contributed by atoms with Crippen LogP contribution >= 0.6 is 11.8 Å². The first kappa shape index (κ1) is 16.3. The number of rotatable bonds is 6. The molecule has 4 nitrogen and oxygen atoms in total. The summed E-state index contributed by atoms with van der Waals surface area (Å²) in [5, 5.41) is 9.48. The van der Waals surface area contributed by atoms with Crippen LogP contribution in [0.3, 0.4) is 0 Å². The molecule has 0 radical (unpaired) electrons. The minimum absolute atomic E-state index is 0.0317. The van der Waals surface area contributed by atoms with Crippen LogP contribution in [0.15, 0.2) is 24.4 Å². The van der Waals surface area contributed by atoms with E-state index >= 15 is 0 Å². The lowest BCUT2D eigenvalue weighted by Crippen LogP contribution is -2.35. The molecule has 5 heteroatoms. The zero-order valence-electron chi connectivity index (χ0n) is 13.2. The number of carbonyl (C=O) groups is 1. The van der Waals surface area contributed by atoms with Crippen molar-refractivity contribution < 1.29 is 9.53 Å². The van der Waals surface area contributed by atoms with Crippen molar-refractivity contribution in [3.05, 3.63) is 30.1 Å². The van der Waals surface area contributed by atoms with Gasteiger partial charge in [0, 0.05) is 17.1 Å². The van der Waals surface area contributed by atoms with Crippen LogP contribution in [0, 0.1) is 16.7 Å².